The molecule has 0 amide bonds. The van der Waals surface area contributed by atoms with Crippen molar-refractivity contribution in [2.24, 2.45) is 0 Å². The van der Waals surface area contributed by atoms with Gasteiger partial charge in [0.1, 0.15) is 5.75 Å². The molecule has 0 spiro atoms. The van der Waals surface area contributed by atoms with E-state index in [1.807, 2.05) is 30.3 Å². The zero-order valence-corrected chi connectivity index (χ0v) is 14.1. The summed E-state index contributed by atoms with van der Waals surface area (Å²) in [5.74, 6) is 0.873. The van der Waals surface area contributed by atoms with Gasteiger partial charge in [0.2, 0.25) is 0 Å². The summed E-state index contributed by atoms with van der Waals surface area (Å²) in [5.41, 5.74) is 2.46. The van der Waals surface area contributed by atoms with E-state index >= 15 is 0 Å². The Bertz CT molecular complexity index is 441. The van der Waals surface area contributed by atoms with E-state index in [1.165, 1.54) is 5.57 Å². The van der Waals surface area contributed by atoms with E-state index in [9.17, 15) is 0 Å². The van der Waals surface area contributed by atoms with Crippen molar-refractivity contribution in [2.75, 3.05) is 13.7 Å². The van der Waals surface area contributed by atoms with Crippen molar-refractivity contribution in [3.8, 4) is 5.75 Å². The highest BCUT2D eigenvalue weighted by atomic mass is 28.3. The van der Waals surface area contributed by atoms with Gasteiger partial charge in [-0.05, 0) is 23.7 Å². The highest BCUT2D eigenvalue weighted by molar-refractivity contribution is 6.76. The average molecular weight is 290 g/mol. The molecule has 0 aliphatic rings. The second-order valence-electron chi connectivity index (χ2n) is 6.08. The fourth-order valence-corrected chi connectivity index (χ4v) is 3.42. The Kier molecular flexibility index (Phi) is 6.75. The molecule has 2 nitrogen and oxygen atoms in total. The van der Waals surface area contributed by atoms with E-state index in [0.717, 1.165) is 17.4 Å². The van der Waals surface area contributed by atoms with Crippen molar-refractivity contribution in [1.29, 1.82) is 0 Å². The molecule has 0 heterocycles. The molecule has 0 unspecified atom stereocenters. The van der Waals surface area contributed by atoms with E-state index in [-0.39, 0.29) is 0 Å². The third-order valence-electron chi connectivity index (χ3n) is 2.89. The Morgan fingerprint density at radius 2 is 1.85 bits per heavy atom. The summed E-state index contributed by atoms with van der Waals surface area (Å²) < 4.78 is 10.8. The molecule has 0 aliphatic carbocycles. The van der Waals surface area contributed by atoms with Gasteiger partial charge in [-0.1, -0.05) is 56.1 Å². The fourth-order valence-electron chi connectivity index (χ4n) is 1.90. The van der Waals surface area contributed by atoms with E-state index in [1.54, 1.807) is 7.11 Å². The first-order chi connectivity index (χ1) is 9.44. The van der Waals surface area contributed by atoms with Gasteiger partial charge in [0.15, 0.2) is 0 Å². The number of benzene rings is 1. The van der Waals surface area contributed by atoms with Gasteiger partial charge in [-0.25, -0.2) is 0 Å². The summed E-state index contributed by atoms with van der Waals surface area (Å²) in [6.07, 6.45) is 4.10. The molecule has 0 saturated carbocycles. The van der Waals surface area contributed by atoms with Crippen molar-refractivity contribution in [3.05, 3.63) is 54.1 Å². The molecule has 0 aliphatic heterocycles. The van der Waals surface area contributed by atoms with Crippen LogP contribution in [0.5, 0.6) is 5.75 Å². The zero-order chi connectivity index (χ0) is 15.0. The summed E-state index contributed by atoms with van der Waals surface area (Å²) in [6.45, 7) is 12.2. The normalized spacial score (nSPS) is 12.3. The first-order valence-electron chi connectivity index (χ1n) is 6.97. The topological polar surface area (TPSA) is 18.5 Å². The molecule has 1 aromatic carbocycles. The molecule has 0 bridgehead atoms. The third-order valence-corrected chi connectivity index (χ3v) is 4.36. The van der Waals surface area contributed by atoms with Crippen LogP contribution in [-0.4, -0.2) is 21.8 Å². The van der Waals surface area contributed by atoms with Crippen LogP contribution >= 0.6 is 0 Å². The van der Waals surface area contributed by atoms with Crippen LogP contribution in [0, 0.1) is 0 Å². The minimum atomic E-state index is -1.08. The lowest BCUT2D eigenvalue weighted by Crippen LogP contribution is -2.19. The molecule has 110 valence electrons. The molecule has 0 N–H and O–H groups in total. The monoisotopic (exact) mass is 290 g/mol. The van der Waals surface area contributed by atoms with Gasteiger partial charge >= 0.3 is 0 Å². The Morgan fingerprint density at radius 1 is 1.20 bits per heavy atom. The minimum Gasteiger partial charge on any atom is -0.497 e. The Balaban J connectivity index is 2.40. The smallest absolute Gasteiger partial charge is 0.118 e. The van der Waals surface area contributed by atoms with Crippen molar-refractivity contribution in [2.45, 2.75) is 32.3 Å². The van der Waals surface area contributed by atoms with Crippen molar-refractivity contribution in [3.63, 3.8) is 0 Å². The molecule has 1 aromatic rings. The second-order valence-corrected chi connectivity index (χ2v) is 11.6. The third kappa shape index (κ3) is 6.73. The Hall–Kier alpha value is -1.32. The molecular formula is C17H26O2Si. The van der Waals surface area contributed by atoms with Gasteiger partial charge in [-0.3, -0.25) is 0 Å². The minimum absolute atomic E-state index is 0.623. The maximum atomic E-state index is 5.69. The van der Waals surface area contributed by atoms with Crippen LogP contribution in [0.3, 0.4) is 0 Å². The largest absolute Gasteiger partial charge is 0.497 e. The van der Waals surface area contributed by atoms with E-state index in [2.05, 4.69) is 32.3 Å². The first-order valence-corrected chi connectivity index (χ1v) is 10.7. The first kappa shape index (κ1) is 16.7. The molecule has 0 aromatic heterocycles. The highest BCUT2D eigenvalue weighted by Crippen LogP contribution is 2.17. The molecule has 0 saturated heterocycles. The summed E-state index contributed by atoms with van der Waals surface area (Å²) in [5, 5.41) is 0. The number of hydrogen-bond donors (Lipinski definition) is 0. The SMILES string of the molecule is C=C/C(=C/COCc1ccc(OC)cc1)C[Si](C)(C)C. The Labute approximate surface area is 124 Å². The summed E-state index contributed by atoms with van der Waals surface area (Å²) >= 11 is 0. The van der Waals surface area contributed by atoms with Gasteiger partial charge < -0.3 is 9.47 Å². The maximum absolute atomic E-state index is 5.69. The van der Waals surface area contributed by atoms with Crippen molar-refractivity contribution < 1.29 is 9.47 Å². The number of allylic oxidation sites excluding steroid dienone is 2. The van der Waals surface area contributed by atoms with Crippen LogP contribution in [-0.2, 0) is 11.3 Å². The number of methoxy groups -OCH3 is 1. The molecule has 1 rings (SSSR count). The van der Waals surface area contributed by atoms with E-state index < -0.39 is 8.07 Å². The Morgan fingerprint density at radius 3 is 2.35 bits per heavy atom. The van der Waals surface area contributed by atoms with Gasteiger partial charge in [-0.15, -0.1) is 0 Å². The summed E-state index contributed by atoms with van der Waals surface area (Å²) in [7, 11) is 0.587. The van der Waals surface area contributed by atoms with Crippen LogP contribution in [0.15, 0.2) is 48.6 Å². The van der Waals surface area contributed by atoms with Crippen LogP contribution in [0.1, 0.15) is 5.56 Å². The summed E-state index contributed by atoms with van der Waals surface area (Å²) in [6, 6.07) is 9.12. The van der Waals surface area contributed by atoms with Crippen molar-refractivity contribution in [1.82, 2.24) is 0 Å². The molecule has 20 heavy (non-hydrogen) atoms. The quantitative estimate of drug-likeness (QED) is 0.394. The summed E-state index contributed by atoms with van der Waals surface area (Å²) in [4.78, 5) is 0. The lowest BCUT2D eigenvalue weighted by molar-refractivity contribution is 0.148. The number of rotatable bonds is 8. The van der Waals surface area contributed by atoms with Gasteiger partial charge in [-0.2, -0.15) is 0 Å². The predicted octanol–water partition coefficient (Wildman–Crippen LogP) is 4.66. The standard InChI is InChI=1S/C17H26O2Si/c1-6-15(14-20(3,4)5)11-12-19-13-16-7-9-17(18-2)10-8-16/h6-11H,1,12-14H2,2-5H3/b15-11-. The van der Waals surface area contributed by atoms with Gasteiger partial charge in [0, 0.05) is 8.07 Å². The van der Waals surface area contributed by atoms with Crippen LogP contribution in [0.4, 0.5) is 0 Å². The molecule has 3 heteroatoms. The maximum Gasteiger partial charge on any atom is 0.118 e. The molecule has 0 atom stereocenters. The van der Waals surface area contributed by atoms with Crippen LogP contribution < -0.4 is 4.74 Å². The fraction of sp³-hybridized carbons (Fsp3) is 0.412. The zero-order valence-electron chi connectivity index (χ0n) is 13.1. The molecular weight excluding hydrogens is 264 g/mol. The predicted molar refractivity (Wildman–Crippen MR) is 89.1 cm³/mol. The van der Waals surface area contributed by atoms with Gasteiger partial charge in [0.25, 0.3) is 0 Å². The average Bonchev–Trinajstić information content (AvgIpc) is 2.41. The molecule has 0 fully saturated rings. The lowest BCUT2D eigenvalue weighted by Gasteiger charge is -2.16. The van der Waals surface area contributed by atoms with Gasteiger partial charge in [0.05, 0.1) is 20.3 Å². The number of hydrogen-bond acceptors (Lipinski definition) is 2. The van der Waals surface area contributed by atoms with Crippen molar-refractivity contribution >= 4 is 8.07 Å². The van der Waals surface area contributed by atoms with E-state index in [0.29, 0.717) is 13.2 Å². The second kappa shape index (κ2) is 8.07. The van der Waals surface area contributed by atoms with Crippen LogP contribution in [0.2, 0.25) is 25.7 Å². The van der Waals surface area contributed by atoms with Crippen LogP contribution in [0.25, 0.3) is 0 Å². The lowest BCUT2D eigenvalue weighted by atomic mass is 10.2. The molecule has 0 radical (unpaired) electrons. The number of ether oxygens (including phenoxy) is 2. The van der Waals surface area contributed by atoms with E-state index in [4.69, 9.17) is 9.47 Å². The highest BCUT2D eigenvalue weighted by Gasteiger charge is 2.13.